The molecule has 0 fully saturated rings. The first-order chi connectivity index (χ1) is 9.33. The highest BCUT2D eigenvalue weighted by Crippen LogP contribution is 2.20. The number of aryl methyl sites for hydroxylation is 1. The van der Waals surface area contributed by atoms with Gasteiger partial charge in [0.2, 0.25) is 0 Å². The molecule has 0 saturated carbocycles. The lowest BCUT2D eigenvalue weighted by atomic mass is 10.1. The second-order valence-corrected chi connectivity index (χ2v) is 7.65. The number of aromatic carboxylic acids is 1. The number of para-hydroxylation sites is 1. The largest absolute Gasteiger partial charge is 0.478 e. The zero-order valence-electron chi connectivity index (χ0n) is 11.4. The highest BCUT2D eigenvalue weighted by molar-refractivity contribution is 7.91. The molecule has 0 aliphatic heterocycles. The van der Waals surface area contributed by atoms with Crippen molar-refractivity contribution in [2.24, 2.45) is 0 Å². The van der Waals surface area contributed by atoms with Gasteiger partial charge < -0.3 is 9.67 Å². The van der Waals surface area contributed by atoms with E-state index in [0.29, 0.717) is 5.52 Å². The van der Waals surface area contributed by atoms with Crippen LogP contribution in [0, 0.1) is 0 Å². The van der Waals surface area contributed by atoms with Gasteiger partial charge in [-0.25, -0.2) is 13.2 Å². The maximum atomic E-state index is 11.9. The zero-order chi connectivity index (χ0) is 14.9. The minimum Gasteiger partial charge on any atom is -0.478 e. The van der Waals surface area contributed by atoms with Crippen LogP contribution in [0.25, 0.3) is 10.9 Å². The summed E-state index contributed by atoms with van der Waals surface area (Å²) in [6, 6.07) is 6.82. The molecule has 0 bridgehead atoms. The van der Waals surface area contributed by atoms with Gasteiger partial charge in [-0.1, -0.05) is 12.1 Å². The highest BCUT2D eigenvalue weighted by atomic mass is 32.2. The molecule has 108 valence electrons. The first kappa shape index (κ1) is 14.6. The molecule has 1 heterocycles. The van der Waals surface area contributed by atoms with Gasteiger partial charge in [0, 0.05) is 18.1 Å². The Morgan fingerprint density at radius 2 is 2.00 bits per heavy atom. The van der Waals surface area contributed by atoms with E-state index in [1.807, 2.05) is 6.07 Å². The number of hydrogen-bond donors (Lipinski definition) is 1. The van der Waals surface area contributed by atoms with Crippen molar-refractivity contribution in [3.63, 3.8) is 0 Å². The SMILES string of the molecule is CC(C)S(=O)(=O)CCn1ccc2cccc(C(=O)O)c21. The maximum absolute atomic E-state index is 11.9. The number of carbonyl (C=O) groups is 1. The normalized spacial score (nSPS) is 12.2. The second kappa shape index (κ2) is 5.28. The lowest BCUT2D eigenvalue weighted by molar-refractivity contribution is 0.0698. The number of sulfone groups is 1. The van der Waals surface area contributed by atoms with Crippen LogP contribution in [0.15, 0.2) is 30.5 Å². The van der Waals surface area contributed by atoms with Crippen molar-refractivity contribution < 1.29 is 18.3 Å². The van der Waals surface area contributed by atoms with Crippen LogP contribution in [-0.2, 0) is 16.4 Å². The monoisotopic (exact) mass is 295 g/mol. The Kier molecular flexibility index (Phi) is 3.85. The maximum Gasteiger partial charge on any atom is 0.337 e. The summed E-state index contributed by atoms with van der Waals surface area (Å²) in [5.41, 5.74) is 0.758. The fourth-order valence-corrected chi connectivity index (χ4v) is 3.00. The molecule has 0 aliphatic carbocycles. The van der Waals surface area contributed by atoms with Crippen molar-refractivity contribution in [1.82, 2.24) is 4.57 Å². The zero-order valence-corrected chi connectivity index (χ0v) is 12.2. The predicted molar refractivity (Wildman–Crippen MR) is 77.8 cm³/mol. The lowest BCUT2D eigenvalue weighted by Gasteiger charge is -2.10. The number of rotatable bonds is 5. The molecule has 6 heteroatoms. The fourth-order valence-electron chi connectivity index (χ4n) is 2.08. The summed E-state index contributed by atoms with van der Waals surface area (Å²) in [5.74, 6) is -1.01. The summed E-state index contributed by atoms with van der Waals surface area (Å²) in [7, 11) is -3.14. The first-order valence-electron chi connectivity index (χ1n) is 6.35. The van der Waals surface area contributed by atoms with E-state index >= 15 is 0 Å². The summed E-state index contributed by atoms with van der Waals surface area (Å²) < 4.78 is 25.4. The molecule has 0 aliphatic rings. The van der Waals surface area contributed by atoms with Gasteiger partial charge >= 0.3 is 5.97 Å². The van der Waals surface area contributed by atoms with E-state index in [1.54, 1.807) is 36.7 Å². The molecule has 0 unspecified atom stereocenters. The van der Waals surface area contributed by atoms with Gasteiger partial charge in [0.25, 0.3) is 0 Å². The third-order valence-corrected chi connectivity index (χ3v) is 5.54. The van der Waals surface area contributed by atoms with E-state index in [4.69, 9.17) is 0 Å². The Morgan fingerprint density at radius 1 is 1.30 bits per heavy atom. The quantitative estimate of drug-likeness (QED) is 0.917. The van der Waals surface area contributed by atoms with Gasteiger partial charge in [-0.2, -0.15) is 0 Å². The Labute approximate surface area is 117 Å². The predicted octanol–water partition coefficient (Wildman–Crippen LogP) is 2.16. The van der Waals surface area contributed by atoms with E-state index in [9.17, 15) is 18.3 Å². The van der Waals surface area contributed by atoms with Gasteiger partial charge in [0.1, 0.15) is 0 Å². The van der Waals surface area contributed by atoms with Gasteiger partial charge in [0.05, 0.1) is 22.1 Å². The minimum atomic E-state index is -3.14. The molecule has 0 amide bonds. The molecular formula is C14H17NO4S. The molecule has 0 spiro atoms. The molecule has 2 aromatic rings. The van der Waals surface area contributed by atoms with Gasteiger partial charge in [-0.05, 0) is 26.0 Å². The number of hydrogen-bond acceptors (Lipinski definition) is 3. The van der Waals surface area contributed by atoms with Crippen molar-refractivity contribution >= 4 is 26.7 Å². The third-order valence-electron chi connectivity index (χ3n) is 3.35. The van der Waals surface area contributed by atoms with Gasteiger partial charge in [-0.15, -0.1) is 0 Å². The van der Waals surface area contributed by atoms with Crippen LogP contribution in [0.3, 0.4) is 0 Å². The molecule has 2 rings (SSSR count). The molecule has 0 saturated heterocycles. The van der Waals surface area contributed by atoms with Crippen molar-refractivity contribution in [3.05, 3.63) is 36.0 Å². The number of carboxylic acids is 1. The molecule has 0 atom stereocenters. The van der Waals surface area contributed by atoms with E-state index < -0.39 is 21.1 Å². The van der Waals surface area contributed by atoms with E-state index in [-0.39, 0.29) is 17.9 Å². The molecule has 1 N–H and O–H groups in total. The summed E-state index contributed by atoms with van der Waals surface area (Å²) >= 11 is 0. The highest BCUT2D eigenvalue weighted by Gasteiger charge is 2.17. The third kappa shape index (κ3) is 2.70. The standard InChI is InChI=1S/C14H17NO4S/c1-10(2)20(18,19)9-8-15-7-6-11-4-3-5-12(13(11)15)14(16)17/h3-7,10H,8-9H2,1-2H3,(H,16,17). The topological polar surface area (TPSA) is 76.4 Å². The molecule has 1 aromatic carbocycles. The number of aromatic nitrogens is 1. The summed E-state index contributed by atoms with van der Waals surface area (Å²) in [5, 5.41) is 9.58. The second-order valence-electron chi connectivity index (χ2n) is 4.97. The summed E-state index contributed by atoms with van der Waals surface area (Å²) in [6.45, 7) is 3.55. The average Bonchev–Trinajstić information content (AvgIpc) is 2.79. The van der Waals surface area contributed by atoms with Crippen LogP contribution in [-0.4, -0.2) is 35.1 Å². The number of carboxylic acid groups (broad SMARTS) is 1. The van der Waals surface area contributed by atoms with Crippen LogP contribution in [0.5, 0.6) is 0 Å². The average molecular weight is 295 g/mol. The summed E-state index contributed by atoms with van der Waals surface area (Å²) in [4.78, 5) is 11.2. The minimum absolute atomic E-state index is 0.00238. The smallest absolute Gasteiger partial charge is 0.337 e. The van der Waals surface area contributed by atoms with Crippen molar-refractivity contribution in [3.8, 4) is 0 Å². The Hall–Kier alpha value is -1.82. The number of benzene rings is 1. The molecular weight excluding hydrogens is 278 g/mol. The Balaban J connectivity index is 2.39. The van der Waals surface area contributed by atoms with Crippen LogP contribution in [0.1, 0.15) is 24.2 Å². The Bertz CT molecular complexity index is 744. The van der Waals surface area contributed by atoms with E-state index in [1.165, 1.54) is 6.07 Å². The number of fused-ring (bicyclic) bond motifs is 1. The van der Waals surface area contributed by atoms with Crippen LogP contribution in [0.4, 0.5) is 0 Å². The molecule has 1 aromatic heterocycles. The van der Waals surface area contributed by atoms with Crippen LogP contribution in [0.2, 0.25) is 0 Å². The fraction of sp³-hybridized carbons (Fsp3) is 0.357. The van der Waals surface area contributed by atoms with Crippen molar-refractivity contribution in [2.75, 3.05) is 5.75 Å². The van der Waals surface area contributed by atoms with Crippen molar-refractivity contribution in [1.29, 1.82) is 0 Å². The van der Waals surface area contributed by atoms with Gasteiger partial charge in [0.15, 0.2) is 9.84 Å². The molecule has 20 heavy (non-hydrogen) atoms. The lowest BCUT2D eigenvalue weighted by Crippen LogP contribution is -2.21. The Morgan fingerprint density at radius 3 is 2.60 bits per heavy atom. The first-order valence-corrected chi connectivity index (χ1v) is 8.07. The summed E-state index contributed by atoms with van der Waals surface area (Å²) in [6.07, 6.45) is 1.73. The molecule has 5 nitrogen and oxygen atoms in total. The van der Waals surface area contributed by atoms with Gasteiger partial charge in [-0.3, -0.25) is 0 Å². The molecule has 0 radical (unpaired) electrons. The van der Waals surface area contributed by atoms with Crippen LogP contribution >= 0.6 is 0 Å². The van der Waals surface area contributed by atoms with E-state index in [2.05, 4.69) is 0 Å². The number of nitrogens with zero attached hydrogens (tertiary/aromatic N) is 1. The van der Waals surface area contributed by atoms with Crippen molar-refractivity contribution in [2.45, 2.75) is 25.6 Å². The van der Waals surface area contributed by atoms with Crippen LogP contribution < -0.4 is 0 Å². The van der Waals surface area contributed by atoms with E-state index in [0.717, 1.165) is 5.39 Å².